The minimum atomic E-state index is -1.07. The van der Waals surface area contributed by atoms with E-state index in [1.54, 1.807) is 24.3 Å². The number of aliphatic carboxylic acids is 1. The summed E-state index contributed by atoms with van der Waals surface area (Å²) in [5, 5.41) is 9.16. The highest BCUT2D eigenvalue weighted by Gasteiger charge is 2.28. The van der Waals surface area contributed by atoms with Crippen molar-refractivity contribution in [3.8, 4) is 5.75 Å². The van der Waals surface area contributed by atoms with Crippen molar-refractivity contribution < 1.29 is 23.8 Å². The fourth-order valence-corrected chi connectivity index (χ4v) is 3.49. The number of Topliss-reactive ketones (excluding diaryl/α,β-unsaturated/α-hetero) is 1. The van der Waals surface area contributed by atoms with Crippen LogP contribution in [0.5, 0.6) is 5.75 Å². The molecule has 154 valence electrons. The van der Waals surface area contributed by atoms with Crippen LogP contribution in [0.2, 0.25) is 5.02 Å². The molecule has 0 saturated carbocycles. The number of benzene rings is 3. The number of carbonyl (C=O) groups is 2. The molecular formula is C24H20ClFO4. The van der Waals surface area contributed by atoms with Crippen LogP contribution in [0, 0.1) is 5.82 Å². The molecule has 0 amide bonds. The summed E-state index contributed by atoms with van der Waals surface area (Å²) in [5.41, 5.74) is 1.29. The van der Waals surface area contributed by atoms with Crippen molar-refractivity contribution in [2.45, 2.75) is 25.4 Å². The lowest BCUT2D eigenvalue weighted by atomic mass is 9.86. The molecule has 0 fully saturated rings. The summed E-state index contributed by atoms with van der Waals surface area (Å²) < 4.78 is 20.2. The molecule has 1 N–H and O–H groups in total. The maximum atomic E-state index is 14.5. The number of carboxylic acids is 1. The standard InChI is InChI=1S/C24H20ClFO4/c25-20-10-5-11-21(26)23(20)19(12-13-22(27)28)24(29)17-8-4-9-18(14-17)30-15-16-6-2-1-3-7-16/h1-11,14,19H,12-13,15H2,(H,27,28)/t19-/m0/s1. The summed E-state index contributed by atoms with van der Waals surface area (Å²) in [7, 11) is 0. The minimum absolute atomic E-state index is 0.0148. The molecular weight excluding hydrogens is 407 g/mol. The molecule has 0 heterocycles. The molecule has 3 aromatic rings. The van der Waals surface area contributed by atoms with E-state index in [4.69, 9.17) is 21.4 Å². The normalized spacial score (nSPS) is 11.7. The first-order chi connectivity index (χ1) is 14.5. The van der Waals surface area contributed by atoms with Crippen molar-refractivity contribution in [2.24, 2.45) is 0 Å². The molecule has 0 bridgehead atoms. The lowest BCUT2D eigenvalue weighted by Crippen LogP contribution is -2.17. The highest BCUT2D eigenvalue weighted by atomic mass is 35.5. The van der Waals surface area contributed by atoms with Gasteiger partial charge in [0.25, 0.3) is 0 Å². The second kappa shape index (κ2) is 10.0. The van der Waals surface area contributed by atoms with Gasteiger partial charge < -0.3 is 9.84 Å². The van der Waals surface area contributed by atoms with Crippen molar-refractivity contribution in [3.05, 3.63) is 100 Å². The molecule has 0 aliphatic heterocycles. The molecule has 0 aliphatic rings. The maximum absolute atomic E-state index is 14.5. The second-order valence-electron chi connectivity index (χ2n) is 6.79. The molecule has 0 saturated heterocycles. The van der Waals surface area contributed by atoms with Crippen LogP contribution < -0.4 is 4.74 Å². The zero-order valence-corrected chi connectivity index (χ0v) is 16.8. The molecule has 3 rings (SSSR count). The number of carbonyl (C=O) groups excluding carboxylic acids is 1. The first-order valence-electron chi connectivity index (χ1n) is 9.42. The van der Waals surface area contributed by atoms with E-state index < -0.39 is 23.5 Å². The summed E-state index contributed by atoms with van der Waals surface area (Å²) in [6, 6.07) is 20.3. The van der Waals surface area contributed by atoms with Crippen LogP contribution in [0.4, 0.5) is 4.39 Å². The zero-order chi connectivity index (χ0) is 21.5. The minimum Gasteiger partial charge on any atom is -0.489 e. The van der Waals surface area contributed by atoms with Crippen molar-refractivity contribution in [1.29, 1.82) is 0 Å². The van der Waals surface area contributed by atoms with Gasteiger partial charge in [0, 0.05) is 22.6 Å². The number of ether oxygens (including phenoxy) is 1. The van der Waals surface area contributed by atoms with Gasteiger partial charge >= 0.3 is 5.97 Å². The van der Waals surface area contributed by atoms with E-state index in [1.807, 2.05) is 30.3 Å². The van der Waals surface area contributed by atoms with Gasteiger partial charge in [0.15, 0.2) is 5.78 Å². The smallest absolute Gasteiger partial charge is 0.303 e. The first kappa shape index (κ1) is 21.5. The lowest BCUT2D eigenvalue weighted by Gasteiger charge is -2.18. The third kappa shape index (κ3) is 5.45. The fourth-order valence-electron chi connectivity index (χ4n) is 3.20. The average Bonchev–Trinajstić information content (AvgIpc) is 2.74. The summed E-state index contributed by atoms with van der Waals surface area (Å²) in [5.74, 6) is -2.64. The number of hydrogen-bond donors (Lipinski definition) is 1. The van der Waals surface area contributed by atoms with Gasteiger partial charge in [0.2, 0.25) is 0 Å². The van der Waals surface area contributed by atoms with Gasteiger partial charge in [-0.2, -0.15) is 0 Å². The number of hydrogen-bond acceptors (Lipinski definition) is 3. The zero-order valence-electron chi connectivity index (χ0n) is 16.1. The highest BCUT2D eigenvalue weighted by Crippen LogP contribution is 2.34. The third-order valence-corrected chi connectivity index (χ3v) is 5.01. The van der Waals surface area contributed by atoms with E-state index >= 15 is 0 Å². The van der Waals surface area contributed by atoms with Crippen LogP contribution in [-0.2, 0) is 11.4 Å². The Morgan fingerprint density at radius 2 is 1.73 bits per heavy atom. The van der Waals surface area contributed by atoms with E-state index in [0.717, 1.165) is 5.56 Å². The highest BCUT2D eigenvalue weighted by molar-refractivity contribution is 6.31. The van der Waals surface area contributed by atoms with Crippen molar-refractivity contribution >= 4 is 23.4 Å². The Hall–Kier alpha value is -3.18. The molecule has 3 aromatic carbocycles. The first-order valence-corrected chi connectivity index (χ1v) is 9.80. The predicted molar refractivity (Wildman–Crippen MR) is 113 cm³/mol. The molecule has 4 nitrogen and oxygen atoms in total. The second-order valence-corrected chi connectivity index (χ2v) is 7.19. The number of ketones is 1. The molecule has 1 atom stereocenters. The fraction of sp³-hybridized carbons (Fsp3) is 0.167. The molecule has 0 spiro atoms. The van der Waals surface area contributed by atoms with Crippen LogP contribution in [0.3, 0.4) is 0 Å². The number of carboxylic acid groups (broad SMARTS) is 1. The number of halogens is 2. The van der Waals surface area contributed by atoms with E-state index in [0.29, 0.717) is 17.9 Å². The molecule has 0 radical (unpaired) electrons. The molecule has 0 aromatic heterocycles. The van der Waals surface area contributed by atoms with Crippen LogP contribution in [0.25, 0.3) is 0 Å². The summed E-state index contributed by atoms with van der Waals surface area (Å²) in [6.07, 6.45) is -0.352. The quantitative estimate of drug-likeness (QED) is 0.433. The summed E-state index contributed by atoms with van der Waals surface area (Å²) >= 11 is 6.16. The third-order valence-electron chi connectivity index (χ3n) is 4.68. The van der Waals surface area contributed by atoms with E-state index in [1.165, 1.54) is 18.2 Å². The Morgan fingerprint density at radius 3 is 2.43 bits per heavy atom. The van der Waals surface area contributed by atoms with Gasteiger partial charge in [0.1, 0.15) is 18.2 Å². The predicted octanol–water partition coefficient (Wildman–Crippen LogP) is 5.89. The van der Waals surface area contributed by atoms with Gasteiger partial charge in [0.05, 0.1) is 5.92 Å². The Labute approximate surface area is 178 Å². The van der Waals surface area contributed by atoms with Gasteiger partial charge in [-0.1, -0.05) is 60.1 Å². The van der Waals surface area contributed by atoms with Crippen LogP contribution in [0.15, 0.2) is 72.8 Å². The van der Waals surface area contributed by atoms with E-state index in [2.05, 4.69) is 0 Å². The monoisotopic (exact) mass is 426 g/mol. The van der Waals surface area contributed by atoms with Crippen LogP contribution in [0.1, 0.15) is 40.2 Å². The van der Waals surface area contributed by atoms with E-state index in [-0.39, 0.29) is 23.4 Å². The largest absolute Gasteiger partial charge is 0.489 e. The summed E-state index contributed by atoms with van der Waals surface area (Å²) in [6.45, 7) is 0.333. The Morgan fingerprint density at radius 1 is 1.00 bits per heavy atom. The SMILES string of the molecule is O=C(O)CC[C@H](C(=O)c1cccc(OCc2ccccc2)c1)c1c(F)cccc1Cl. The van der Waals surface area contributed by atoms with E-state index in [9.17, 15) is 14.0 Å². The van der Waals surface area contributed by atoms with Gasteiger partial charge in [-0.25, -0.2) is 4.39 Å². The lowest BCUT2D eigenvalue weighted by molar-refractivity contribution is -0.137. The Balaban J connectivity index is 1.86. The van der Waals surface area contributed by atoms with Gasteiger partial charge in [-0.3, -0.25) is 9.59 Å². The molecule has 6 heteroatoms. The molecule has 30 heavy (non-hydrogen) atoms. The molecule has 0 aliphatic carbocycles. The van der Waals surface area contributed by atoms with Gasteiger partial charge in [-0.05, 0) is 36.2 Å². The molecule has 0 unspecified atom stereocenters. The van der Waals surface area contributed by atoms with Crippen molar-refractivity contribution in [1.82, 2.24) is 0 Å². The van der Waals surface area contributed by atoms with Crippen molar-refractivity contribution in [3.63, 3.8) is 0 Å². The van der Waals surface area contributed by atoms with Crippen LogP contribution in [-0.4, -0.2) is 16.9 Å². The summed E-state index contributed by atoms with van der Waals surface area (Å²) in [4.78, 5) is 24.3. The van der Waals surface area contributed by atoms with Gasteiger partial charge in [-0.15, -0.1) is 0 Å². The Bertz CT molecular complexity index is 1020. The number of rotatable bonds is 9. The van der Waals surface area contributed by atoms with Crippen LogP contribution >= 0.6 is 11.6 Å². The topological polar surface area (TPSA) is 63.6 Å². The van der Waals surface area contributed by atoms with Crippen molar-refractivity contribution in [2.75, 3.05) is 0 Å². The average molecular weight is 427 g/mol. The maximum Gasteiger partial charge on any atom is 0.303 e. The Kier molecular flexibility index (Phi) is 7.20.